The van der Waals surface area contributed by atoms with Crippen LogP contribution < -0.4 is 11.5 Å². The maximum Gasteiger partial charge on any atom is 0.224 e. The quantitative estimate of drug-likeness (QED) is 0.560. The molecule has 0 aliphatic rings. The molecule has 0 saturated heterocycles. The van der Waals surface area contributed by atoms with E-state index in [1.807, 2.05) is 50.2 Å². The second-order valence-electron chi connectivity index (χ2n) is 5.30. The molecule has 116 valence electrons. The molecule has 4 N–H and O–H groups in total. The fraction of sp³-hybridized carbons (Fsp3) is 0.118. The van der Waals surface area contributed by atoms with Crippen molar-refractivity contribution < 1.29 is 0 Å². The standard InChI is InChI=1S/C17H17N5S/c1-10-4-3-5-12(8-10)15(18)21-16(19)22-17-20-13-7-6-11(2)9-14(13)23-17/h3-9H,1-2H3,(H4,18,19,20,21,22). The number of thiazole rings is 1. The zero-order chi connectivity index (χ0) is 16.4. The Bertz CT molecular complexity index is 924. The van der Waals surface area contributed by atoms with Crippen LogP contribution in [-0.2, 0) is 0 Å². The highest BCUT2D eigenvalue weighted by atomic mass is 32.1. The summed E-state index contributed by atoms with van der Waals surface area (Å²) in [7, 11) is 0. The number of nitrogens with two attached hydrogens (primary N) is 2. The summed E-state index contributed by atoms with van der Waals surface area (Å²) in [5.41, 5.74) is 15.9. The van der Waals surface area contributed by atoms with E-state index in [1.54, 1.807) is 0 Å². The molecule has 0 spiro atoms. The second kappa shape index (κ2) is 6.18. The van der Waals surface area contributed by atoms with Gasteiger partial charge in [-0.15, -0.1) is 0 Å². The van der Waals surface area contributed by atoms with Crippen LogP contribution in [0.4, 0.5) is 5.13 Å². The molecule has 0 atom stereocenters. The third-order valence-electron chi connectivity index (χ3n) is 3.29. The minimum Gasteiger partial charge on any atom is -0.383 e. The number of fused-ring (bicyclic) bond motifs is 1. The third-order valence-corrected chi connectivity index (χ3v) is 4.20. The van der Waals surface area contributed by atoms with Gasteiger partial charge < -0.3 is 11.5 Å². The van der Waals surface area contributed by atoms with Gasteiger partial charge in [-0.05, 0) is 37.6 Å². The Hall–Kier alpha value is -2.73. The Morgan fingerprint density at radius 2 is 1.83 bits per heavy atom. The van der Waals surface area contributed by atoms with E-state index in [0.717, 1.165) is 21.3 Å². The molecule has 0 aliphatic heterocycles. The molecule has 3 aromatic rings. The Kier molecular flexibility index (Phi) is 4.08. The first-order valence-corrected chi connectivity index (χ1v) is 7.95. The average Bonchev–Trinajstić information content (AvgIpc) is 2.88. The second-order valence-corrected chi connectivity index (χ2v) is 6.31. The number of amidine groups is 1. The van der Waals surface area contributed by atoms with E-state index in [9.17, 15) is 0 Å². The number of benzene rings is 2. The summed E-state index contributed by atoms with van der Waals surface area (Å²) in [6, 6.07) is 13.8. The molecule has 0 aliphatic carbocycles. The molecule has 3 rings (SSSR count). The van der Waals surface area contributed by atoms with Gasteiger partial charge in [0.2, 0.25) is 11.1 Å². The van der Waals surface area contributed by atoms with E-state index < -0.39 is 0 Å². The van der Waals surface area contributed by atoms with Crippen LogP contribution in [0.3, 0.4) is 0 Å². The minimum absolute atomic E-state index is 0.0970. The topological polar surface area (TPSA) is 89.6 Å². The lowest BCUT2D eigenvalue weighted by Gasteiger charge is -2.01. The summed E-state index contributed by atoms with van der Waals surface area (Å²) in [6.07, 6.45) is 0. The van der Waals surface area contributed by atoms with Crippen molar-refractivity contribution in [3.63, 3.8) is 0 Å². The van der Waals surface area contributed by atoms with E-state index in [2.05, 4.69) is 21.0 Å². The maximum absolute atomic E-state index is 5.99. The van der Waals surface area contributed by atoms with Crippen LogP contribution in [0.5, 0.6) is 0 Å². The number of hydrogen-bond acceptors (Lipinski definition) is 3. The largest absolute Gasteiger partial charge is 0.383 e. The van der Waals surface area contributed by atoms with Crippen LogP contribution in [0.15, 0.2) is 52.4 Å². The van der Waals surface area contributed by atoms with Gasteiger partial charge in [-0.2, -0.15) is 9.98 Å². The van der Waals surface area contributed by atoms with Crippen molar-refractivity contribution in [1.82, 2.24) is 4.98 Å². The van der Waals surface area contributed by atoms with Gasteiger partial charge in [0.15, 0.2) is 0 Å². The van der Waals surface area contributed by atoms with Crippen molar-refractivity contribution in [2.24, 2.45) is 21.5 Å². The number of aromatic nitrogens is 1. The van der Waals surface area contributed by atoms with Gasteiger partial charge in [0.05, 0.1) is 10.2 Å². The summed E-state index contributed by atoms with van der Waals surface area (Å²) < 4.78 is 1.08. The third kappa shape index (κ3) is 3.54. The van der Waals surface area contributed by atoms with Gasteiger partial charge in [0.25, 0.3) is 0 Å². The number of hydrogen-bond donors (Lipinski definition) is 2. The summed E-state index contributed by atoms with van der Waals surface area (Å²) in [6.45, 7) is 4.04. The summed E-state index contributed by atoms with van der Waals surface area (Å²) >= 11 is 1.48. The fourth-order valence-corrected chi connectivity index (χ4v) is 3.13. The number of guanidine groups is 1. The normalized spacial score (nSPS) is 12.8. The zero-order valence-corrected chi connectivity index (χ0v) is 13.8. The van der Waals surface area contributed by atoms with Crippen molar-refractivity contribution in [3.8, 4) is 0 Å². The first kappa shape index (κ1) is 15.2. The highest BCUT2D eigenvalue weighted by molar-refractivity contribution is 7.22. The first-order chi connectivity index (χ1) is 11.0. The molecule has 0 saturated carbocycles. The maximum atomic E-state index is 5.99. The van der Waals surface area contributed by atoms with E-state index in [0.29, 0.717) is 11.0 Å². The summed E-state index contributed by atoms with van der Waals surface area (Å²) in [5.74, 6) is 0.437. The fourth-order valence-electron chi connectivity index (χ4n) is 2.18. The smallest absolute Gasteiger partial charge is 0.224 e. The molecule has 1 aromatic heterocycles. The van der Waals surface area contributed by atoms with E-state index in [-0.39, 0.29) is 5.96 Å². The molecule has 0 bridgehead atoms. The Labute approximate surface area is 138 Å². The molecular weight excluding hydrogens is 306 g/mol. The van der Waals surface area contributed by atoms with Crippen molar-refractivity contribution in [2.75, 3.05) is 0 Å². The molecule has 2 aromatic carbocycles. The lowest BCUT2D eigenvalue weighted by molar-refractivity contribution is 1.35. The highest BCUT2D eigenvalue weighted by Crippen LogP contribution is 2.28. The van der Waals surface area contributed by atoms with Gasteiger partial charge in [-0.1, -0.05) is 41.2 Å². The van der Waals surface area contributed by atoms with Gasteiger partial charge >= 0.3 is 0 Å². The lowest BCUT2D eigenvalue weighted by atomic mass is 10.1. The van der Waals surface area contributed by atoms with E-state index in [4.69, 9.17) is 11.5 Å². The molecule has 0 unspecified atom stereocenters. The monoisotopic (exact) mass is 323 g/mol. The molecule has 23 heavy (non-hydrogen) atoms. The average molecular weight is 323 g/mol. The molecular formula is C17H17N5S. The van der Waals surface area contributed by atoms with Crippen LogP contribution in [0.2, 0.25) is 0 Å². The van der Waals surface area contributed by atoms with Crippen LogP contribution in [-0.4, -0.2) is 16.8 Å². The van der Waals surface area contributed by atoms with Crippen molar-refractivity contribution in [1.29, 1.82) is 0 Å². The predicted octanol–water partition coefficient (Wildman–Crippen LogP) is 3.26. The van der Waals surface area contributed by atoms with Gasteiger partial charge in [-0.3, -0.25) is 0 Å². The lowest BCUT2D eigenvalue weighted by Crippen LogP contribution is -2.19. The van der Waals surface area contributed by atoms with E-state index >= 15 is 0 Å². The molecule has 6 heteroatoms. The summed E-state index contributed by atoms with van der Waals surface area (Å²) in [5, 5.41) is 0.573. The highest BCUT2D eigenvalue weighted by Gasteiger charge is 2.04. The first-order valence-electron chi connectivity index (χ1n) is 7.14. The van der Waals surface area contributed by atoms with Crippen LogP contribution in [0.25, 0.3) is 10.2 Å². The molecule has 0 fully saturated rings. The molecule has 1 heterocycles. The van der Waals surface area contributed by atoms with Crippen molar-refractivity contribution >= 4 is 38.5 Å². The predicted molar refractivity (Wildman–Crippen MR) is 97.5 cm³/mol. The number of aliphatic imine (C=N–C) groups is 2. The van der Waals surface area contributed by atoms with Crippen LogP contribution >= 0.6 is 11.3 Å². The van der Waals surface area contributed by atoms with Gasteiger partial charge in [0, 0.05) is 5.56 Å². The SMILES string of the molecule is Cc1cccc(C(N)=NC(N)=Nc2nc3ccc(C)cc3s2)c1. The Balaban J connectivity index is 1.89. The van der Waals surface area contributed by atoms with Crippen LogP contribution in [0.1, 0.15) is 16.7 Å². The van der Waals surface area contributed by atoms with Crippen LogP contribution in [0, 0.1) is 13.8 Å². The van der Waals surface area contributed by atoms with E-state index in [1.165, 1.54) is 16.9 Å². The number of aryl methyl sites for hydroxylation is 2. The Morgan fingerprint density at radius 1 is 1.04 bits per heavy atom. The number of rotatable bonds is 2. The van der Waals surface area contributed by atoms with Gasteiger partial charge in [0.1, 0.15) is 5.84 Å². The zero-order valence-electron chi connectivity index (χ0n) is 12.9. The molecule has 0 amide bonds. The summed E-state index contributed by atoms with van der Waals surface area (Å²) in [4.78, 5) is 12.8. The van der Waals surface area contributed by atoms with Crippen molar-refractivity contribution in [3.05, 3.63) is 59.2 Å². The minimum atomic E-state index is 0.0970. The number of nitrogens with zero attached hydrogens (tertiary/aromatic N) is 3. The van der Waals surface area contributed by atoms with Crippen molar-refractivity contribution in [2.45, 2.75) is 13.8 Å². The Morgan fingerprint density at radius 3 is 2.61 bits per heavy atom. The molecule has 5 nitrogen and oxygen atoms in total. The van der Waals surface area contributed by atoms with Gasteiger partial charge in [-0.25, -0.2) is 4.98 Å². The molecule has 0 radical (unpaired) electrons.